The molecule has 122 valence electrons. The standard InChI is InChI=1S/C18H19FINO2/c1-13-5-4-6-16(17(13)20)18(22)21-11-2-3-12-23-15-9-7-14(19)8-10-15/h4-10H,2-3,11-12H2,1H3,(H,21,22). The van der Waals surface area contributed by atoms with Crippen LogP contribution in [0, 0.1) is 16.3 Å². The molecule has 2 aromatic rings. The fourth-order valence-corrected chi connectivity index (χ4v) is 2.67. The molecule has 0 unspecified atom stereocenters. The van der Waals surface area contributed by atoms with Crippen molar-refractivity contribution in [2.45, 2.75) is 19.8 Å². The summed E-state index contributed by atoms with van der Waals surface area (Å²) in [5.41, 5.74) is 1.82. The summed E-state index contributed by atoms with van der Waals surface area (Å²) in [7, 11) is 0. The molecule has 0 fully saturated rings. The van der Waals surface area contributed by atoms with Gasteiger partial charge in [-0.15, -0.1) is 0 Å². The van der Waals surface area contributed by atoms with Crippen molar-refractivity contribution in [3.8, 4) is 5.75 Å². The normalized spacial score (nSPS) is 10.4. The van der Waals surface area contributed by atoms with Crippen molar-refractivity contribution in [3.63, 3.8) is 0 Å². The average molecular weight is 427 g/mol. The lowest BCUT2D eigenvalue weighted by molar-refractivity contribution is 0.0951. The molecule has 0 heterocycles. The number of aryl methyl sites for hydroxylation is 1. The predicted octanol–water partition coefficient (Wildman–Crippen LogP) is 4.33. The van der Waals surface area contributed by atoms with E-state index in [0.29, 0.717) is 24.5 Å². The molecular weight excluding hydrogens is 408 g/mol. The van der Waals surface area contributed by atoms with Gasteiger partial charge in [0.25, 0.3) is 5.91 Å². The lowest BCUT2D eigenvalue weighted by Crippen LogP contribution is -2.25. The molecule has 23 heavy (non-hydrogen) atoms. The topological polar surface area (TPSA) is 38.3 Å². The zero-order valence-electron chi connectivity index (χ0n) is 12.9. The number of hydrogen-bond acceptors (Lipinski definition) is 2. The third-order valence-electron chi connectivity index (χ3n) is 3.38. The first-order chi connectivity index (χ1) is 11.1. The molecular formula is C18H19FINO2. The SMILES string of the molecule is Cc1cccc(C(=O)NCCCCOc2ccc(F)cc2)c1I. The zero-order valence-corrected chi connectivity index (χ0v) is 15.1. The molecule has 0 saturated heterocycles. The summed E-state index contributed by atoms with van der Waals surface area (Å²) in [6, 6.07) is 11.7. The lowest BCUT2D eigenvalue weighted by atomic mass is 10.1. The van der Waals surface area contributed by atoms with Gasteiger partial charge < -0.3 is 10.1 Å². The minimum atomic E-state index is -0.272. The quantitative estimate of drug-likeness (QED) is 0.528. The Kier molecular flexibility index (Phi) is 6.83. The summed E-state index contributed by atoms with van der Waals surface area (Å²) in [4.78, 5) is 12.1. The maximum absolute atomic E-state index is 12.7. The summed E-state index contributed by atoms with van der Waals surface area (Å²) in [6.07, 6.45) is 1.65. The number of carbonyl (C=O) groups excluding carboxylic acids is 1. The van der Waals surface area contributed by atoms with Crippen LogP contribution in [-0.2, 0) is 0 Å². The van der Waals surface area contributed by atoms with E-state index in [-0.39, 0.29) is 11.7 Å². The highest BCUT2D eigenvalue weighted by molar-refractivity contribution is 14.1. The van der Waals surface area contributed by atoms with Crippen LogP contribution >= 0.6 is 22.6 Å². The van der Waals surface area contributed by atoms with Crippen LogP contribution < -0.4 is 10.1 Å². The maximum atomic E-state index is 12.7. The molecule has 0 aromatic heterocycles. The highest BCUT2D eigenvalue weighted by Gasteiger charge is 2.10. The molecule has 3 nitrogen and oxygen atoms in total. The Morgan fingerprint density at radius 3 is 2.65 bits per heavy atom. The smallest absolute Gasteiger partial charge is 0.252 e. The molecule has 0 atom stereocenters. The summed E-state index contributed by atoms with van der Waals surface area (Å²) < 4.78 is 19.2. The molecule has 0 bridgehead atoms. The Bertz CT molecular complexity index is 659. The van der Waals surface area contributed by atoms with Crippen molar-refractivity contribution in [2.75, 3.05) is 13.2 Å². The fourth-order valence-electron chi connectivity index (χ4n) is 2.07. The van der Waals surface area contributed by atoms with E-state index in [2.05, 4.69) is 27.9 Å². The van der Waals surface area contributed by atoms with Gasteiger partial charge in [-0.05, 0) is 78.3 Å². The van der Waals surface area contributed by atoms with Gasteiger partial charge in [-0.1, -0.05) is 12.1 Å². The van der Waals surface area contributed by atoms with Gasteiger partial charge in [0.2, 0.25) is 0 Å². The van der Waals surface area contributed by atoms with Crippen molar-refractivity contribution >= 4 is 28.5 Å². The summed E-state index contributed by atoms with van der Waals surface area (Å²) >= 11 is 2.20. The van der Waals surface area contributed by atoms with E-state index in [1.54, 1.807) is 12.1 Å². The number of ether oxygens (including phenoxy) is 1. The monoisotopic (exact) mass is 427 g/mol. The van der Waals surface area contributed by atoms with E-state index in [1.165, 1.54) is 12.1 Å². The van der Waals surface area contributed by atoms with Crippen molar-refractivity contribution in [1.29, 1.82) is 0 Å². The number of rotatable bonds is 7. The molecule has 2 aromatic carbocycles. The van der Waals surface area contributed by atoms with E-state index in [0.717, 1.165) is 22.0 Å². The Hall–Kier alpha value is -1.63. The fraction of sp³-hybridized carbons (Fsp3) is 0.278. The van der Waals surface area contributed by atoms with Crippen LogP contribution in [0.5, 0.6) is 5.75 Å². The van der Waals surface area contributed by atoms with Crippen LogP contribution in [0.15, 0.2) is 42.5 Å². The van der Waals surface area contributed by atoms with Gasteiger partial charge in [0.05, 0.1) is 12.2 Å². The van der Waals surface area contributed by atoms with Crippen LogP contribution in [0.4, 0.5) is 4.39 Å². The molecule has 2 rings (SSSR count). The van der Waals surface area contributed by atoms with Crippen LogP contribution in [0.3, 0.4) is 0 Å². The van der Waals surface area contributed by atoms with E-state index >= 15 is 0 Å². The first kappa shape index (κ1) is 17.7. The molecule has 5 heteroatoms. The van der Waals surface area contributed by atoms with Crippen molar-refractivity contribution < 1.29 is 13.9 Å². The second-order valence-corrected chi connectivity index (χ2v) is 6.28. The minimum absolute atomic E-state index is 0.0439. The van der Waals surface area contributed by atoms with Crippen LogP contribution in [0.25, 0.3) is 0 Å². The van der Waals surface area contributed by atoms with Gasteiger partial charge in [-0.25, -0.2) is 4.39 Å². The lowest BCUT2D eigenvalue weighted by Gasteiger charge is -2.09. The molecule has 1 amide bonds. The number of hydrogen-bond donors (Lipinski definition) is 1. The Balaban J connectivity index is 1.66. The summed E-state index contributed by atoms with van der Waals surface area (Å²) in [5.74, 6) is 0.341. The van der Waals surface area contributed by atoms with Crippen LogP contribution in [0.2, 0.25) is 0 Å². The molecule has 0 aliphatic rings. The third-order valence-corrected chi connectivity index (χ3v) is 4.81. The van der Waals surface area contributed by atoms with E-state index in [9.17, 15) is 9.18 Å². The molecule has 0 saturated carbocycles. The molecule has 0 radical (unpaired) electrons. The average Bonchev–Trinajstić information content (AvgIpc) is 2.55. The molecule has 0 aliphatic heterocycles. The minimum Gasteiger partial charge on any atom is -0.494 e. The first-order valence-corrected chi connectivity index (χ1v) is 8.57. The Morgan fingerprint density at radius 2 is 1.91 bits per heavy atom. The van der Waals surface area contributed by atoms with Gasteiger partial charge >= 0.3 is 0 Å². The van der Waals surface area contributed by atoms with Gasteiger partial charge in [-0.3, -0.25) is 4.79 Å². The van der Waals surface area contributed by atoms with Crippen molar-refractivity contribution in [1.82, 2.24) is 5.32 Å². The van der Waals surface area contributed by atoms with Crippen molar-refractivity contribution in [3.05, 3.63) is 63.0 Å². The highest BCUT2D eigenvalue weighted by Crippen LogP contribution is 2.16. The second kappa shape index (κ2) is 8.86. The van der Waals surface area contributed by atoms with Gasteiger partial charge in [-0.2, -0.15) is 0 Å². The van der Waals surface area contributed by atoms with Gasteiger partial charge in [0, 0.05) is 10.1 Å². The first-order valence-electron chi connectivity index (χ1n) is 7.49. The van der Waals surface area contributed by atoms with E-state index in [4.69, 9.17) is 4.74 Å². The van der Waals surface area contributed by atoms with Crippen LogP contribution in [-0.4, -0.2) is 19.1 Å². The largest absolute Gasteiger partial charge is 0.494 e. The number of unbranched alkanes of at least 4 members (excludes halogenated alkanes) is 1. The number of carbonyl (C=O) groups is 1. The van der Waals surface area contributed by atoms with Gasteiger partial charge in [0.1, 0.15) is 11.6 Å². The summed E-state index contributed by atoms with van der Waals surface area (Å²) in [6.45, 7) is 3.14. The maximum Gasteiger partial charge on any atom is 0.252 e. The number of benzene rings is 2. The van der Waals surface area contributed by atoms with Crippen molar-refractivity contribution in [2.24, 2.45) is 0 Å². The molecule has 0 aliphatic carbocycles. The Labute approximate surface area is 149 Å². The second-order valence-electron chi connectivity index (χ2n) is 5.20. The molecule has 0 spiro atoms. The third kappa shape index (κ3) is 5.49. The summed E-state index contributed by atoms with van der Waals surface area (Å²) in [5, 5.41) is 2.92. The highest BCUT2D eigenvalue weighted by atomic mass is 127. The predicted molar refractivity (Wildman–Crippen MR) is 97.4 cm³/mol. The van der Waals surface area contributed by atoms with E-state index in [1.807, 2.05) is 25.1 Å². The Morgan fingerprint density at radius 1 is 1.17 bits per heavy atom. The zero-order chi connectivity index (χ0) is 16.7. The van der Waals surface area contributed by atoms with Gasteiger partial charge in [0.15, 0.2) is 0 Å². The number of nitrogens with one attached hydrogen (secondary N) is 1. The number of halogens is 2. The number of amides is 1. The van der Waals surface area contributed by atoms with Crippen LogP contribution in [0.1, 0.15) is 28.8 Å². The van der Waals surface area contributed by atoms with E-state index < -0.39 is 0 Å². The molecule has 1 N–H and O–H groups in total.